The molecule has 17 heteroatoms. The minimum Gasteiger partial charge on any atom is -0.508 e. The van der Waals surface area contributed by atoms with Crippen molar-refractivity contribution in [1.82, 2.24) is 39.8 Å². The summed E-state index contributed by atoms with van der Waals surface area (Å²) in [6.07, 6.45) is 3.02. The molecule has 0 aliphatic carbocycles. The van der Waals surface area contributed by atoms with Crippen LogP contribution in [0, 0.1) is 11.3 Å². The number of H-pyrrole nitrogens is 1. The number of nitrogens with one attached hydrogen (secondary N) is 2. The number of piperazine rings is 1. The lowest BCUT2D eigenvalue weighted by atomic mass is 9.98. The van der Waals surface area contributed by atoms with Crippen LogP contribution in [0.4, 0.5) is 11.5 Å². The molecule has 67 heavy (non-hydrogen) atoms. The SMILES string of the molecule is C=CC(=O)N1CCN(c2nc(OC[C@@H]3C[C@@H](NCc4ccc(-n5c(-c6cc(C(C)C)c(O)cc6O)n[nH]c5=O)cc4)CN3C)nc3c2CCN(c2cccc4cccc(Cl)c24)C3)C[C@@H]1CC#N. The van der Waals surface area contributed by atoms with Crippen LogP contribution in [0.15, 0.2) is 90.2 Å². The molecule has 3 aliphatic heterocycles. The number of likely N-dealkylation sites (tertiary alicyclic amines) is 1. The van der Waals surface area contributed by atoms with Gasteiger partial charge in [0.15, 0.2) is 5.82 Å². The second-order valence-electron chi connectivity index (χ2n) is 17.9. The number of carbonyl (C=O) groups is 1. The number of phenols is 2. The molecule has 2 fully saturated rings. The fourth-order valence-corrected chi connectivity index (χ4v) is 10.0. The number of aromatic amines is 1. The lowest BCUT2D eigenvalue weighted by Gasteiger charge is -2.42. The Kier molecular flexibility index (Phi) is 12.9. The first kappa shape index (κ1) is 45.2. The average Bonchev–Trinajstić information content (AvgIpc) is 3.89. The van der Waals surface area contributed by atoms with Crippen LogP contribution in [-0.4, -0.2) is 115 Å². The summed E-state index contributed by atoms with van der Waals surface area (Å²) in [7, 11) is 2.09. The number of aromatic nitrogens is 5. The Balaban J connectivity index is 0.895. The van der Waals surface area contributed by atoms with Crippen LogP contribution in [0.1, 0.15) is 55.0 Å². The van der Waals surface area contributed by atoms with Crippen LogP contribution >= 0.6 is 11.6 Å². The number of fused-ring (bicyclic) bond motifs is 2. The number of hydrogen-bond donors (Lipinski definition) is 4. The summed E-state index contributed by atoms with van der Waals surface area (Å²) in [5.74, 6) is 0.630. The van der Waals surface area contributed by atoms with Gasteiger partial charge in [0.2, 0.25) is 5.91 Å². The van der Waals surface area contributed by atoms with Crippen molar-refractivity contribution in [1.29, 1.82) is 5.26 Å². The summed E-state index contributed by atoms with van der Waals surface area (Å²) < 4.78 is 7.94. The van der Waals surface area contributed by atoms with Crippen molar-refractivity contribution >= 4 is 39.8 Å². The molecule has 0 spiro atoms. The highest BCUT2D eigenvalue weighted by atomic mass is 35.5. The number of anilines is 2. The number of benzene rings is 4. The highest BCUT2D eigenvalue weighted by Gasteiger charge is 2.35. The Bertz CT molecular complexity index is 2920. The number of phenolic OH excluding ortho intramolecular Hbond substituents is 2. The molecule has 4 aromatic carbocycles. The summed E-state index contributed by atoms with van der Waals surface area (Å²) >= 11 is 6.79. The van der Waals surface area contributed by atoms with E-state index in [1.54, 1.807) is 11.0 Å². The number of likely N-dealkylation sites (N-methyl/N-ethyl adjacent to an activating group) is 1. The Morgan fingerprint density at radius 1 is 1.03 bits per heavy atom. The highest BCUT2D eigenvalue weighted by molar-refractivity contribution is 6.36. The van der Waals surface area contributed by atoms with Gasteiger partial charge in [0, 0.05) is 74.1 Å². The fraction of sp³-hybridized carbons (Fsp3) is 0.360. The number of nitrogens with zero attached hydrogens (tertiary/aromatic N) is 9. The van der Waals surface area contributed by atoms with E-state index in [9.17, 15) is 25.1 Å². The molecule has 1 amide bonds. The van der Waals surface area contributed by atoms with Gasteiger partial charge in [-0.1, -0.05) is 68.4 Å². The quantitative estimate of drug-likeness (QED) is 0.0948. The smallest absolute Gasteiger partial charge is 0.348 e. The molecule has 9 rings (SSSR count). The van der Waals surface area contributed by atoms with E-state index in [0.717, 1.165) is 58.6 Å². The van der Waals surface area contributed by atoms with Crippen molar-refractivity contribution in [3.63, 3.8) is 0 Å². The molecule has 3 atom stereocenters. The molecule has 4 N–H and O–H groups in total. The van der Waals surface area contributed by atoms with E-state index in [4.69, 9.17) is 26.3 Å². The largest absolute Gasteiger partial charge is 0.508 e. The summed E-state index contributed by atoms with van der Waals surface area (Å²) in [4.78, 5) is 44.4. The van der Waals surface area contributed by atoms with Gasteiger partial charge in [0.25, 0.3) is 0 Å². The molecule has 0 saturated carbocycles. The fourth-order valence-electron chi connectivity index (χ4n) is 9.77. The third-order valence-electron chi connectivity index (χ3n) is 13.3. The predicted molar refractivity (Wildman–Crippen MR) is 258 cm³/mol. The Morgan fingerprint density at radius 2 is 1.82 bits per heavy atom. The van der Waals surface area contributed by atoms with E-state index < -0.39 is 5.69 Å². The second kappa shape index (κ2) is 19.1. The maximum Gasteiger partial charge on any atom is 0.348 e. The number of halogens is 1. The van der Waals surface area contributed by atoms with Gasteiger partial charge in [-0.3, -0.25) is 9.69 Å². The summed E-state index contributed by atoms with van der Waals surface area (Å²) in [5.41, 5.74) is 5.09. The predicted octanol–water partition coefficient (Wildman–Crippen LogP) is 6.28. The van der Waals surface area contributed by atoms with Crippen LogP contribution in [0.25, 0.3) is 27.8 Å². The van der Waals surface area contributed by atoms with Crippen molar-refractivity contribution < 1.29 is 19.7 Å². The molecule has 0 unspecified atom stereocenters. The van der Waals surface area contributed by atoms with Crippen molar-refractivity contribution in [2.24, 2.45) is 0 Å². The molecular formula is C50H54ClN11O5. The third kappa shape index (κ3) is 9.14. The van der Waals surface area contributed by atoms with E-state index in [-0.39, 0.29) is 53.7 Å². The Hall–Kier alpha value is -6.93. The molecule has 0 bridgehead atoms. The number of nitriles is 1. The van der Waals surface area contributed by atoms with E-state index in [0.29, 0.717) is 73.6 Å². The molecule has 5 heterocycles. The standard InChI is InChI=1S/C50H54ClN11O5/c1-5-45(65)61-21-20-60(27-35(61)16-18-52)47-37-17-19-59(42-11-7-9-32-8-6-10-40(51)46(32)42)28-41(37)54-49(55-47)67-29-36-22-33(26-58(36)4)53-25-31-12-14-34(15-13-31)62-48(56-57-50(62)66)39-23-38(30(2)3)43(63)24-44(39)64/h5-15,23-24,30,33,35-36,53,63-64H,1,16-17,19-22,25-29H2,2-4H3,(H,57,66)/t33-,35+,36+/m1/s1. The zero-order chi connectivity index (χ0) is 46.9. The first-order chi connectivity index (χ1) is 32.4. The van der Waals surface area contributed by atoms with Gasteiger partial charge in [-0.05, 0) is 78.7 Å². The zero-order valence-electron chi connectivity index (χ0n) is 37.8. The van der Waals surface area contributed by atoms with E-state index in [1.807, 2.05) is 50.2 Å². The maximum atomic E-state index is 13.0. The zero-order valence-corrected chi connectivity index (χ0v) is 38.6. The van der Waals surface area contributed by atoms with Gasteiger partial charge in [-0.25, -0.2) is 14.5 Å². The number of carbonyl (C=O) groups excluding carboxylic acids is 1. The molecule has 2 aromatic heterocycles. The van der Waals surface area contributed by atoms with Crippen molar-refractivity contribution in [3.8, 4) is 40.7 Å². The highest BCUT2D eigenvalue weighted by Crippen LogP contribution is 2.39. The first-order valence-electron chi connectivity index (χ1n) is 22.7. The molecule has 16 nitrogen and oxygen atoms in total. The molecule has 2 saturated heterocycles. The van der Waals surface area contributed by atoms with Crippen LogP contribution in [0.3, 0.4) is 0 Å². The van der Waals surface area contributed by atoms with Gasteiger partial charge in [0.05, 0.1) is 47.0 Å². The van der Waals surface area contributed by atoms with Crippen molar-refractivity contribution in [2.45, 2.75) is 70.2 Å². The van der Waals surface area contributed by atoms with Gasteiger partial charge >= 0.3 is 11.7 Å². The Labute approximate surface area is 393 Å². The van der Waals surface area contributed by atoms with Gasteiger partial charge < -0.3 is 35.0 Å². The van der Waals surface area contributed by atoms with Crippen molar-refractivity contribution in [3.05, 3.63) is 123 Å². The first-order valence-corrected chi connectivity index (χ1v) is 23.0. The molecule has 6 aromatic rings. The molecule has 0 radical (unpaired) electrons. The minimum absolute atomic E-state index is 0.0137. The monoisotopic (exact) mass is 923 g/mol. The number of rotatable bonds is 13. The molecular weight excluding hydrogens is 870 g/mol. The lowest BCUT2D eigenvalue weighted by molar-refractivity contribution is -0.128. The lowest BCUT2D eigenvalue weighted by Crippen LogP contribution is -2.55. The second-order valence-corrected chi connectivity index (χ2v) is 18.3. The average molecular weight is 925 g/mol. The van der Waals surface area contributed by atoms with Crippen LogP contribution in [-0.2, 0) is 24.3 Å². The third-order valence-corrected chi connectivity index (χ3v) is 13.6. The molecule has 346 valence electrons. The number of ether oxygens (including phenoxy) is 1. The van der Waals surface area contributed by atoms with Crippen LogP contribution < -0.4 is 25.5 Å². The topological polar surface area (TPSA) is 192 Å². The minimum atomic E-state index is -0.448. The summed E-state index contributed by atoms with van der Waals surface area (Å²) in [6.45, 7) is 12.0. The van der Waals surface area contributed by atoms with Gasteiger partial charge in [-0.15, -0.1) is 0 Å². The number of hydrogen-bond acceptors (Lipinski definition) is 13. The van der Waals surface area contributed by atoms with Crippen LogP contribution in [0.5, 0.6) is 17.5 Å². The Morgan fingerprint density at radius 3 is 2.58 bits per heavy atom. The van der Waals surface area contributed by atoms with Gasteiger partial charge in [0.1, 0.15) is 23.9 Å². The maximum absolute atomic E-state index is 13.0. The number of aromatic hydroxyl groups is 2. The van der Waals surface area contributed by atoms with Crippen LogP contribution in [0.2, 0.25) is 5.02 Å². The van der Waals surface area contributed by atoms with E-state index >= 15 is 0 Å². The van der Waals surface area contributed by atoms with Gasteiger partial charge in [-0.2, -0.15) is 20.3 Å². The number of amides is 1. The normalized spacial score (nSPS) is 18.6. The summed E-state index contributed by atoms with van der Waals surface area (Å²) in [5, 5.41) is 44.0. The summed E-state index contributed by atoms with van der Waals surface area (Å²) in [6, 6.07) is 25.3. The van der Waals surface area contributed by atoms with E-state index in [2.05, 4.69) is 74.2 Å². The van der Waals surface area contributed by atoms with Crippen molar-refractivity contribution in [2.75, 3.05) is 56.2 Å². The molecule has 3 aliphatic rings. The van der Waals surface area contributed by atoms with E-state index in [1.165, 1.54) is 16.7 Å².